The Labute approximate surface area is 487 Å². The summed E-state index contributed by atoms with van der Waals surface area (Å²) in [5, 5.41) is 4.83. The van der Waals surface area contributed by atoms with Crippen LogP contribution in [0, 0.1) is 0 Å². The van der Waals surface area contributed by atoms with E-state index < -0.39 is 0 Å². The van der Waals surface area contributed by atoms with Crippen molar-refractivity contribution < 1.29 is 4.74 Å². The van der Waals surface area contributed by atoms with E-state index in [0.29, 0.717) is 0 Å². The van der Waals surface area contributed by atoms with E-state index in [4.69, 9.17) is 4.74 Å². The van der Waals surface area contributed by atoms with Crippen molar-refractivity contribution in [2.24, 2.45) is 0 Å². The van der Waals surface area contributed by atoms with Crippen molar-refractivity contribution in [1.29, 1.82) is 0 Å². The summed E-state index contributed by atoms with van der Waals surface area (Å²) in [5.41, 5.74) is 19.9. The molecule has 0 amide bonds. The highest BCUT2D eigenvalue weighted by Crippen LogP contribution is 2.52. The highest BCUT2D eigenvalue weighted by atomic mass is 32.1. The predicted octanol–water partition coefficient (Wildman–Crippen LogP) is 19.5. The third-order valence-electron chi connectivity index (χ3n) is 16.9. The third kappa shape index (κ3) is 7.90. The van der Waals surface area contributed by atoms with Crippen LogP contribution in [0.4, 0.5) is 51.2 Å². The zero-order valence-electron chi connectivity index (χ0n) is 46.2. The summed E-state index contributed by atoms with van der Waals surface area (Å²) < 4.78 is 12.7. The number of nitrogens with zero attached hydrogens (tertiary/aromatic N) is 4. The summed E-state index contributed by atoms with van der Waals surface area (Å²) in [6, 6.07) is 102. The molecule has 2 aromatic heterocycles. The fourth-order valence-corrected chi connectivity index (χ4v) is 14.5. The number of benzene rings is 12. The molecule has 12 aromatic carbocycles. The van der Waals surface area contributed by atoms with Crippen LogP contribution < -0.4 is 35.8 Å². The van der Waals surface area contributed by atoms with Crippen LogP contribution in [0.3, 0.4) is 0 Å². The second-order valence-electron chi connectivity index (χ2n) is 22.8. The lowest BCUT2D eigenvalue weighted by Gasteiger charge is -2.42. The number of anilines is 9. The maximum atomic E-state index is 7.84. The molecule has 0 unspecified atom stereocenters. The first-order valence-corrected chi connectivity index (χ1v) is 29.4. The van der Waals surface area contributed by atoms with Gasteiger partial charge in [-0.1, -0.05) is 191 Å². The Kier molecular flexibility index (Phi) is 11.3. The molecule has 0 fully saturated rings. The predicted molar refractivity (Wildman–Crippen MR) is 353 cm³/mol. The van der Waals surface area contributed by atoms with Crippen molar-refractivity contribution >= 4 is 128 Å². The number of ether oxygens (including phenoxy) is 1. The smallest absolute Gasteiger partial charge is 0.258 e. The molecule has 2 aliphatic heterocycles. The van der Waals surface area contributed by atoms with Crippen molar-refractivity contribution in [3.05, 3.63) is 285 Å². The molecule has 0 saturated carbocycles. The molecule has 0 spiro atoms. The fourth-order valence-electron chi connectivity index (χ4n) is 13.2. The van der Waals surface area contributed by atoms with E-state index in [9.17, 15) is 0 Å². The van der Waals surface area contributed by atoms with Gasteiger partial charge in [-0.2, -0.15) is 0 Å². The van der Waals surface area contributed by atoms with Gasteiger partial charge in [0.1, 0.15) is 11.5 Å². The molecular formula is C76H55BN4OS. The van der Waals surface area contributed by atoms with Gasteiger partial charge in [-0.05, 0) is 130 Å². The molecule has 83 heavy (non-hydrogen) atoms. The maximum Gasteiger partial charge on any atom is 0.258 e. The molecule has 0 radical (unpaired) electrons. The van der Waals surface area contributed by atoms with Crippen molar-refractivity contribution in [3.8, 4) is 28.3 Å². The summed E-state index contributed by atoms with van der Waals surface area (Å²) in [6.07, 6.45) is 0. The molecule has 14 aromatic rings. The number of hydrogen-bond acceptors (Lipinski definition) is 5. The summed E-state index contributed by atoms with van der Waals surface area (Å²) in [6.45, 7) is 6.69. The second-order valence-corrected chi connectivity index (χ2v) is 23.9. The summed E-state index contributed by atoms with van der Waals surface area (Å²) >= 11 is 1.87. The van der Waals surface area contributed by atoms with E-state index >= 15 is 0 Å². The minimum absolute atomic E-state index is 0.107. The number of aromatic nitrogens is 1. The molecule has 16 rings (SSSR count). The van der Waals surface area contributed by atoms with Crippen molar-refractivity contribution in [2.75, 3.05) is 14.7 Å². The monoisotopic (exact) mass is 1080 g/mol. The molecule has 0 atom stereocenters. The lowest BCUT2D eigenvalue weighted by Crippen LogP contribution is -2.59. The molecule has 2 aliphatic rings. The Morgan fingerprint density at radius 2 is 0.952 bits per heavy atom. The van der Waals surface area contributed by atoms with Gasteiger partial charge in [-0.3, -0.25) is 0 Å². The quantitative estimate of drug-likeness (QED) is 0.134. The van der Waals surface area contributed by atoms with Crippen LogP contribution >= 0.6 is 11.3 Å². The van der Waals surface area contributed by atoms with Gasteiger partial charge in [0.2, 0.25) is 0 Å². The molecule has 4 heterocycles. The minimum atomic E-state index is -0.237. The summed E-state index contributed by atoms with van der Waals surface area (Å²) in [5.74, 6) is 1.67. The first-order chi connectivity index (χ1) is 40.8. The van der Waals surface area contributed by atoms with Crippen LogP contribution in [0.2, 0.25) is 0 Å². The minimum Gasteiger partial charge on any atom is -0.458 e. The molecule has 0 bridgehead atoms. The van der Waals surface area contributed by atoms with Gasteiger partial charge >= 0.3 is 0 Å². The average molecular weight is 1080 g/mol. The van der Waals surface area contributed by atoms with Gasteiger partial charge in [0.15, 0.2) is 0 Å². The molecule has 0 N–H and O–H groups in total. The highest BCUT2D eigenvalue weighted by Gasteiger charge is 2.45. The van der Waals surface area contributed by atoms with Crippen molar-refractivity contribution in [2.45, 2.75) is 26.2 Å². The first kappa shape index (κ1) is 48.8. The average Bonchev–Trinajstić information content (AvgIpc) is 1.98. The van der Waals surface area contributed by atoms with Gasteiger partial charge < -0.3 is 24.0 Å². The third-order valence-corrected chi connectivity index (χ3v) is 18.1. The fraction of sp³-hybridized carbons (Fsp3) is 0.0526. The highest BCUT2D eigenvalue weighted by molar-refractivity contribution is 7.28. The van der Waals surface area contributed by atoms with Crippen LogP contribution in [0.1, 0.15) is 26.3 Å². The first-order valence-electron chi connectivity index (χ1n) is 28.6. The van der Waals surface area contributed by atoms with E-state index in [-0.39, 0.29) is 12.1 Å². The Balaban J connectivity index is 1.05. The molecule has 0 saturated heterocycles. The van der Waals surface area contributed by atoms with Gasteiger partial charge in [0.25, 0.3) is 6.71 Å². The van der Waals surface area contributed by atoms with Gasteiger partial charge in [-0.15, -0.1) is 11.3 Å². The van der Waals surface area contributed by atoms with E-state index in [1.807, 2.05) is 11.3 Å². The molecule has 394 valence electrons. The molecular weight excluding hydrogens is 1030 g/mol. The maximum absolute atomic E-state index is 7.84. The van der Waals surface area contributed by atoms with Gasteiger partial charge in [0.05, 0.1) is 28.1 Å². The van der Waals surface area contributed by atoms with E-state index in [1.165, 1.54) is 47.4 Å². The Hall–Kier alpha value is -10.1. The van der Waals surface area contributed by atoms with E-state index in [1.54, 1.807) is 0 Å². The van der Waals surface area contributed by atoms with Crippen molar-refractivity contribution in [3.63, 3.8) is 0 Å². The van der Waals surface area contributed by atoms with Crippen LogP contribution in [0.25, 0.3) is 58.8 Å². The Morgan fingerprint density at radius 3 is 1.55 bits per heavy atom. The lowest BCUT2D eigenvalue weighted by atomic mass is 9.34. The van der Waals surface area contributed by atoms with Crippen LogP contribution in [-0.4, -0.2) is 11.3 Å². The largest absolute Gasteiger partial charge is 0.458 e. The zero-order valence-corrected chi connectivity index (χ0v) is 47.1. The Morgan fingerprint density at radius 1 is 0.422 bits per heavy atom. The number of thiophene rings is 1. The number of fused-ring (bicyclic) bond motifs is 11. The van der Waals surface area contributed by atoms with Crippen LogP contribution in [0.5, 0.6) is 11.5 Å². The van der Waals surface area contributed by atoms with Crippen LogP contribution in [-0.2, 0) is 5.41 Å². The van der Waals surface area contributed by atoms with Gasteiger partial charge in [0, 0.05) is 88.5 Å². The lowest BCUT2D eigenvalue weighted by molar-refractivity contribution is 0.488. The Bertz CT molecular complexity index is 4690. The van der Waals surface area contributed by atoms with Gasteiger partial charge in [-0.25, -0.2) is 0 Å². The number of hydrogen-bond donors (Lipinski definition) is 0. The van der Waals surface area contributed by atoms with Crippen LogP contribution in [0.15, 0.2) is 279 Å². The summed E-state index contributed by atoms with van der Waals surface area (Å²) in [4.78, 5) is 7.38. The molecule has 7 heteroatoms. The molecule has 0 aliphatic carbocycles. The van der Waals surface area contributed by atoms with E-state index in [2.05, 4.69) is 319 Å². The summed E-state index contributed by atoms with van der Waals surface area (Å²) in [7, 11) is 0. The molecule has 5 nitrogen and oxygen atoms in total. The zero-order chi connectivity index (χ0) is 55.3. The topological polar surface area (TPSA) is 23.9 Å². The number of rotatable bonds is 9. The normalized spacial score (nSPS) is 12.6. The SMILES string of the molecule is CC(C)(C)c1ccc(N2c3cc(N(c4ccccc4)c4ccccc4)ccc3B3c4c(cc(-n5c6ccccc6c6ccccc65)cc42)Oc2cc(N(c4ccccc4)c4ccccc4)c4c(sc5ccccc54)c23)c(-c2ccccc2)c1. The van der Waals surface area contributed by atoms with Crippen molar-refractivity contribution in [1.82, 2.24) is 4.57 Å². The number of para-hydroxylation sites is 6. The second kappa shape index (κ2) is 19.3. The standard InChI is InChI=1S/C76H55BN4OS/c1-76(2,3)51-41-44-65(61(45-51)50-25-9-4-10-26-50)81-66-46-56(78(52-27-11-5-12-28-52)53-29-13-6-14-30-53)42-43-62(66)77-73-68(81)47-57(80-63-38-22-19-35-58(63)59-36-20-23-39-64(59)80)48-69(73)82-70-49-67(72-60-37-21-24-40-71(60)83-75(72)74(70)77)79(54-31-15-7-16-32-54)55-33-17-8-18-34-55/h4-49H,1-3H3. The van der Waals surface area contributed by atoms with E-state index in [0.717, 1.165) is 96.0 Å².